The van der Waals surface area contributed by atoms with Crippen molar-refractivity contribution in [2.45, 2.75) is 45.1 Å². The molecule has 162 valence electrons. The number of methoxy groups -OCH3 is 1. The van der Waals surface area contributed by atoms with Crippen LogP contribution in [0.25, 0.3) is 11.2 Å². The molecule has 2 aliphatic heterocycles. The van der Waals surface area contributed by atoms with Gasteiger partial charge >= 0.3 is 0 Å². The summed E-state index contributed by atoms with van der Waals surface area (Å²) in [4.78, 5) is 29.2. The van der Waals surface area contributed by atoms with Crippen LogP contribution in [0, 0.1) is 5.92 Å². The Balaban J connectivity index is 1.35. The van der Waals surface area contributed by atoms with Crippen LogP contribution in [0.4, 0.5) is 11.5 Å². The van der Waals surface area contributed by atoms with Crippen molar-refractivity contribution in [1.82, 2.24) is 19.5 Å². The molecule has 0 radical (unpaired) electrons. The zero-order valence-electron chi connectivity index (χ0n) is 17.9. The lowest BCUT2D eigenvalue weighted by Crippen LogP contribution is -2.41. The molecule has 8 heteroatoms. The normalized spacial score (nSPS) is 19.0. The number of nitrogens with one attached hydrogen (secondary N) is 1. The number of carbonyl (C=O) groups is 1. The van der Waals surface area contributed by atoms with Crippen molar-refractivity contribution < 1.29 is 9.53 Å². The lowest BCUT2D eigenvalue weighted by Gasteiger charge is -2.32. The van der Waals surface area contributed by atoms with Gasteiger partial charge in [-0.1, -0.05) is 6.42 Å². The molecule has 1 N–H and O–H groups in total. The van der Waals surface area contributed by atoms with Gasteiger partial charge in [-0.2, -0.15) is 0 Å². The molecule has 8 nitrogen and oxygen atoms in total. The van der Waals surface area contributed by atoms with Crippen LogP contribution >= 0.6 is 0 Å². The Bertz CT molecular complexity index is 1080. The van der Waals surface area contributed by atoms with E-state index in [2.05, 4.69) is 24.8 Å². The highest BCUT2D eigenvalue weighted by Crippen LogP contribution is 2.30. The van der Waals surface area contributed by atoms with E-state index in [-0.39, 0.29) is 11.8 Å². The number of ether oxygens (including phenoxy) is 1. The van der Waals surface area contributed by atoms with Crippen molar-refractivity contribution in [3.8, 4) is 5.75 Å². The first kappa shape index (κ1) is 19.8. The summed E-state index contributed by atoms with van der Waals surface area (Å²) in [7, 11) is 1.63. The molecule has 0 aliphatic carbocycles. The van der Waals surface area contributed by atoms with E-state index < -0.39 is 0 Å². The van der Waals surface area contributed by atoms with Crippen LogP contribution in [0.1, 0.15) is 37.9 Å². The predicted molar refractivity (Wildman–Crippen MR) is 119 cm³/mol. The van der Waals surface area contributed by atoms with E-state index in [0.29, 0.717) is 6.54 Å². The summed E-state index contributed by atoms with van der Waals surface area (Å²) in [5, 5.41) is 3.05. The van der Waals surface area contributed by atoms with Crippen molar-refractivity contribution in [3.05, 3.63) is 36.4 Å². The number of anilines is 2. The van der Waals surface area contributed by atoms with Crippen LogP contribution in [0.3, 0.4) is 0 Å². The molecule has 4 heterocycles. The molecule has 1 aromatic carbocycles. The minimum absolute atomic E-state index is 0.0424. The molecule has 3 aromatic rings. The van der Waals surface area contributed by atoms with Crippen molar-refractivity contribution >= 4 is 28.6 Å². The van der Waals surface area contributed by atoms with Gasteiger partial charge in [0.1, 0.15) is 17.9 Å². The molecular formula is C23H28N6O2. The maximum Gasteiger partial charge on any atom is 0.229 e. The zero-order valence-corrected chi connectivity index (χ0v) is 17.9. The first-order chi connectivity index (χ1) is 15.2. The van der Waals surface area contributed by atoms with Gasteiger partial charge < -0.3 is 19.5 Å². The summed E-state index contributed by atoms with van der Waals surface area (Å²) in [5.74, 6) is 2.68. The van der Waals surface area contributed by atoms with Crippen molar-refractivity contribution in [1.29, 1.82) is 0 Å². The van der Waals surface area contributed by atoms with Crippen LogP contribution in [0.15, 0.2) is 30.6 Å². The number of nitrogens with zero attached hydrogens (tertiary/aromatic N) is 5. The second-order valence-electron chi connectivity index (χ2n) is 8.36. The molecule has 0 unspecified atom stereocenters. The van der Waals surface area contributed by atoms with Gasteiger partial charge in [-0.05, 0) is 49.9 Å². The number of carbonyl (C=O) groups excluding carboxylic acids is 1. The Hall–Kier alpha value is -3.16. The quantitative estimate of drug-likeness (QED) is 0.696. The topological polar surface area (TPSA) is 85.2 Å². The molecular weight excluding hydrogens is 392 g/mol. The summed E-state index contributed by atoms with van der Waals surface area (Å²) in [6.45, 7) is 2.48. The Kier molecular flexibility index (Phi) is 5.44. The molecule has 2 aliphatic rings. The highest BCUT2D eigenvalue weighted by atomic mass is 16.5. The van der Waals surface area contributed by atoms with Gasteiger partial charge in [-0.25, -0.2) is 15.0 Å². The predicted octanol–water partition coefficient (Wildman–Crippen LogP) is 3.42. The number of hydrogen-bond donors (Lipinski definition) is 1. The monoisotopic (exact) mass is 420 g/mol. The third-order valence-corrected chi connectivity index (χ3v) is 6.32. The van der Waals surface area contributed by atoms with E-state index in [1.54, 1.807) is 13.4 Å². The number of amides is 1. The number of imidazole rings is 1. The molecule has 31 heavy (non-hydrogen) atoms. The molecule has 0 bridgehead atoms. The summed E-state index contributed by atoms with van der Waals surface area (Å²) >= 11 is 0. The Morgan fingerprint density at radius 1 is 1.10 bits per heavy atom. The summed E-state index contributed by atoms with van der Waals surface area (Å²) in [6, 6.07) is 7.43. The van der Waals surface area contributed by atoms with E-state index in [1.807, 2.05) is 24.3 Å². The van der Waals surface area contributed by atoms with Crippen molar-refractivity contribution in [3.63, 3.8) is 0 Å². The fourth-order valence-corrected chi connectivity index (χ4v) is 4.66. The smallest absolute Gasteiger partial charge is 0.229 e. The summed E-state index contributed by atoms with van der Waals surface area (Å²) < 4.78 is 7.44. The number of fused-ring (bicyclic) bond motifs is 3. The minimum Gasteiger partial charge on any atom is -0.497 e. The summed E-state index contributed by atoms with van der Waals surface area (Å²) in [6.07, 6.45) is 8.01. The molecule has 2 aromatic heterocycles. The molecule has 1 amide bonds. The zero-order chi connectivity index (χ0) is 21.2. The fourth-order valence-electron chi connectivity index (χ4n) is 4.66. The highest BCUT2D eigenvalue weighted by molar-refractivity contribution is 5.93. The molecule has 5 rings (SSSR count). The Morgan fingerprint density at radius 3 is 2.81 bits per heavy atom. The third-order valence-electron chi connectivity index (χ3n) is 6.32. The molecule has 0 saturated carbocycles. The van der Waals surface area contributed by atoms with Crippen LogP contribution in [0.5, 0.6) is 5.75 Å². The molecule has 1 saturated heterocycles. The molecule has 1 fully saturated rings. The molecule has 1 atom stereocenters. The first-order valence-corrected chi connectivity index (χ1v) is 11.1. The van der Waals surface area contributed by atoms with Crippen molar-refractivity contribution in [2.24, 2.45) is 5.92 Å². The number of benzene rings is 1. The lowest BCUT2D eigenvalue weighted by atomic mass is 9.97. The SMILES string of the molecule is COc1ccc(NC(=O)[C@H]2CCCN(c3ncnc4c3nc3n4CCCCC3)C2)cc1. The fraction of sp³-hybridized carbons (Fsp3) is 0.478. The maximum atomic E-state index is 12.9. The maximum absolute atomic E-state index is 12.9. The van der Waals surface area contributed by atoms with Gasteiger partial charge in [0.2, 0.25) is 5.91 Å². The van der Waals surface area contributed by atoms with E-state index >= 15 is 0 Å². The minimum atomic E-state index is -0.0960. The van der Waals surface area contributed by atoms with Gasteiger partial charge in [0.15, 0.2) is 17.0 Å². The third kappa shape index (κ3) is 3.94. The standard InChI is InChI=1S/C23H28N6O2/c1-31-18-10-8-17(9-11-18)26-23(30)16-6-5-12-28(14-16)21-20-22(25-15-24-21)29-13-4-2-3-7-19(29)27-20/h8-11,15-16H,2-7,12-14H2,1H3,(H,26,30)/t16-/m0/s1. The van der Waals surface area contributed by atoms with Crippen LogP contribution in [-0.2, 0) is 17.8 Å². The average molecular weight is 421 g/mol. The largest absolute Gasteiger partial charge is 0.497 e. The van der Waals surface area contributed by atoms with Gasteiger partial charge in [0.05, 0.1) is 13.0 Å². The van der Waals surface area contributed by atoms with Crippen LogP contribution < -0.4 is 15.0 Å². The summed E-state index contributed by atoms with van der Waals surface area (Å²) in [5.41, 5.74) is 2.58. The lowest BCUT2D eigenvalue weighted by molar-refractivity contribution is -0.120. The highest BCUT2D eigenvalue weighted by Gasteiger charge is 2.29. The van der Waals surface area contributed by atoms with E-state index in [9.17, 15) is 4.79 Å². The van der Waals surface area contributed by atoms with Crippen LogP contribution in [-0.4, -0.2) is 45.6 Å². The van der Waals surface area contributed by atoms with Gasteiger partial charge in [-0.15, -0.1) is 0 Å². The first-order valence-electron chi connectivity index (χ1n) is 11.1. The number of aryl methyl sites for hydroxylation is 2. The average Bonchev–Trinajstić information content (AvgIpc) is 3.00. The van der Waals surface area contributed by atoms with E-state index in [4.69, 9.17) is 9.72 Å². The number of hydrogen-bond acceptors (Lipinski definition) is 6. The number of piperidine rings is 1. The second kappa shape index (κ2) is 8.53. The second-order valence-corrected chi connectivity index (χ2v) is 8.36. The number of rotatable bonds is 4. The van der Waals surface area contributed by atoms with Gasteiger partial charge in [0, 0.05) is 31.7 Å². The van der Waals surface area contributed by atoms with Gasteiger partial charge in [-0.3, -0.25) is 4.79 Å². The van der Waals surface area contributed by atoms with Gasteiger partial charge in [0.25, 0.3) is 0 Å². The molecule has 0 spiro atoms. The van der Waals surface area contributed by atoms with Crippen LogP contribution in [0.2, 0.25) is 0 Å². The Morgan fingerprint density at radius 2 is 1.97 bits per heavy atom. The van der Waals surface area contributed by atoms with E-state index in [0.717, 1.165) is 73.0 Å². The number of aromatic nitrogens is 4. The Labute approximate surface area is 181 Å². The van der Waals surface area contributed by atoms with Crippen molar-refractivity contribution in [2.75, 3.05) is 30.4 Å². The van der Waals surface area contributed by atoms with E-state index in [1.165, 1.54) is 12.8 Å².